The molecule has 0 aromatic heterocycles. The molecule has 2 rings (SSSR count). The van der Waals surface area contributed by atoms with Gasteiger partial charge < -0.3 is 14.4 Å². The number of esters is 1. The van der Waals surface area contributed by atoms with Crippen LogP contribution in [0.5, 0.6) is 5.75 Å². The number of hydrogen-bond acceptors (Lipinski definition) is 6. The second kappa shape index (κ2) is 7.50. The molecule has 0 aliphatic carbocycles. The van der Waals surface area contributed by atoms with Crippen LogP contribution in [0.25, 0.3) is 6.08 Å². The molecule has 8 nitrogen and oxygen atoms in total. The highest BCUT2D eigenvalue weighted by molar-refractivity contribution is 5.92. The van der Waals surface area contributed by atoms with E-state index >= 15 is 0 Å². The largest absolute Gasteiger partial charge is 0.419 e. The standard InChI is InChI=1S/C15H16N2O6/c1-11(18)23-14-4-2-12(10-13(14)17(20)21)3-5-15(19)16-6-8-22-9-7-16/h2-5,10H,6-9H2,1H3. The summed E-state index contributed by atoms with van der Waals surface area (Å²) >= 11 is 0. The quantitative estimate of drug-likeness (QED) is 0.273. The number of morpholine rings is 1. The van der Waals surface area contributed by atoms with Crippen LogP contribution in [-0.4, -0.2) is 48.0 Å². The number of carbonyl (C=O) groups is 2. The lowest BCUT2D eigenvalue weighted by molar-refractivity contribution is -0.385. The van der Waals surface area contributed by atoms with Crippen molar-refractivity contribution in [2.24, 2.45) is 0 Å². The molecule has 122 valence electrons. The van der Waals surface area contributed by atoms with E-state index in [-0.39, 0.29) is 17.3 Å². The Labute approximate surface area is 132 Å². The summed E-state index contributed by atoms with van der Waals surface area (Å²) in [5.74, 6) is -0.946. The normalized spacial score (nSPS) is 14.7. The molecule has 1 saturated heterocycles. The van der Waals surface area contributed by atoms with Gasteiger partial charge in [-0.15, -0.1) is 0 Å². The van der Waals surface area contributed by atoms with Gasteiger partial charge in [0.1, 0.15) is 0 Å². The zero-order valence-electron chi connectivity index (χ0n) is 12.6. The Morgan fingerprint density at radius 1 is 1.35 bits per heavy atom. The molecule has 0 radical (unpaired) electrons. The van der Waals surface area contributed by atoms with Crippen molar-refractivity contribution in [3.63, 3.8) is 0 Å². The van der Waals surface area contributed by atoms with Crippen molar-refractivity contribution in [3.05, 3.63) is 40.0 Å². The van der Waals surface area contributed by atoms with Crippen LogP contribution in [0.3, 0.4) is 0 Å². The Morgan fingerprint density at radius 3 is 2.65 bits per heavy atom. The van der Waals surface area contributed by atoms with Crippen LogP contribution >= 0.6 is 0 Å². The average molecular weight is 320 g/mol. The van der Waals surface area contributed by atoms with Crippen molar-refractivity contribution in [1.82, 2.24) is 4.90 Å². The predicted molar refractivity (Wildman–Crippen MR) is 80.8 cm³/mol. The van der Waals surface area contributed by atoms with Crippen molar-refractivity contribution in [2.45, 2.75) is 6.92 Å². The van der Waals surface area contributed by atoms with Gasteiger partial charge in [0.25, 0.3) is 0 Å². The number of amides is 1. The first-order chi connectivity index (χ1) is 11.0. The van der Waals surface area contributed by atoms with E-state index < -0.39 is 10.9 Å². The fourth-order valence-electron chi connectivity index (χ4n) is 2.08. The summed E-state index contributed by atoms with van der Waals surface area (Å²) in [4.78, 5) is 35.0. The van der Waals surface area contributed by atoms with Crippen LogP contribution in [0, 0.1) is 10.1 Å². The maximum atomic E-state index is 12.0. The van der Waals surface area contributed by atoms with Crippen LogP contribution in [0.4, 0.5) is 5.69 Å². The van der Waals surface area contributed by atoms with E-state index in [9.17, 15) is 19.7 Å². The van der Waals surface area contributed by atoms with Crippen LogP contribution < -0.4 is 4.74 Å². The number of nitro benzene ring substituents is 1. The van der Waals surface area contributed by atoms with E-state index in [1.54, 1.807) is 4.90 Å². The second-order valence-corrected chi connectivity index (χ2v) is 4.85. The molecule has 1 aliphatic heterocycles. The summed E-state index contributed by atoms with van der Waals surface area (Å²) in [5, 5.41) is 11.0. The monoisotopic (exact) mass is 320 g/mol. The fourth-order valence-corrected chi connectivity index (χ4v) is 2.08. The van der Waals surface area contributed by atoms with E-state index in [0.29, 0.717) is 31.9 Å². The summed E-state index contributed by atoms with van der Waals surface area (Å²) < 4.78 is 9.95. The molecule has 0 atom stereocenters. The molecular formula is C15H16N2O6. The van der Waals surface area contributed by atoms with E-state index in [1.165, 1.54) is 37.3 Å². The third-order valence-electron chi connectivity index (χ3n) is 3.17. The van der Waals surface area contributed by atoms with Crippen LogP contribution in [-0.2, 0) is 14.3 Å². The highest BCUT2D eigenvalue weighted by atomic mass is 16.6. The minimum absolute atomic E-state index is 0.126. The van der Waals surface area contributed by atoms with Gasteiger partial charge in [0, 0.05) is 32.2 Å². The number of nitrogens with zero attached hydrogens (tertiary/aromatic N) is 2. The third kappa shape index (κ3) is 4.62. The van der Waals surface area contributed by atoms with Crippen molar-refractivity contribution in [2.75, 3.05) is 26.3 Å². The molecule has 1 fully saturated rings. The van der Waals surface area contributed by atoms with E-state index in [4.69, 9.17) is 9.47 Å². The number of benzene rings is 1. The zero-order chi connectivity index (χ0) is 16.8. The van der Waals surface area contributed by atoms with Gasteiger partial charge in [-0.25, -0.2) is 0 Å². The SMILES string of the molecule is CC(=O)Oc1ccc(C=CC(=O)N2CCOCC2)cc1[N+](=O)[O-]. The smallest absolute Gasteiger partial charge is 0.312 e. The average Bonchev–Trinajstić information content (AvgIpc) is 2.53. The Balaban J connectivity index is 2.14. The molecule has 0 saturated carbocycles. The predicted octanol–water partition coefficient (Wildman–Crippen LogP) is 1.39. The maximum Gasteiger partial charge on any atom is 0.312 e. The van der Waals surface area contributed by atoms with E-state index in [1.807, 2.05) is 0 Å². The molecule has 1 heterocycles. The number of hydrogen-bond donors (Lipinski definition) is 0. The van der Waals surface area contributed by atoms with Gasteiger partial charge in [0.15, 0.2) is 0 Å². The summed E-state index contributed by atoms with van der Waals surface area (Å²) in [6.45, 7) is 3.21. The summed E-state index contributed by atoms with van der Waals surface area (Å²) in [5.41, 5.74) is 0.135. The highest BCUT2D eigenvalue weighted by Gasteiger charge is 2.18. The van der Waals surface area contributed by atoms with Gasteiger partial charge in [0.2, 0.25) is 11.7 Å². The second-order valence-electron chi connectivity index (χ2n) is 4.85. The Morgan fingerprint density at radius 2 is 2.04 bits per heavy atom. The van der Waals surface area contributed by atoms with Crippen LogP contribution in [0.2, 0.25) is 0 Å². The highest BCUT2D eigenvalue weighted by Crippen LogP contribution is 2.28. The van der Waals surface area contributed by atoms with Crippen molar-refractivity contribution >= 4 is 23.6 Å². The lowest BCUT2D eigenvalue weighted by Gasteiger charge is -2.25. The van der Waals surface area contributed by atoms with E-state index in [0.717, 1.165) is 0 Å². The summed E-state index contributed by atoms with van der Waals surface area (Å²) in [6, 6.07) is 4.12. The lowest BCUT2D eigenvalue weighted by atomic mass is 10.1. The fraction of sp³-hybridized carbons (Fsp3) is 0.333. The first-order valence-corrected chi connectivity index (χ1v) is 6.99. The van der Waals surface area contributed by atoms with Crippen molar-refractivity contribution in [1.29, 1.82) is 0 Å². The lowest BCUT2D eigenvalue weighted by Crippen LogP contribution is -2.39. The van der Waals surface area contributed by atoms with Gasteiger partial charge in [-0.3, -0.25) is 19.7 Å². The van der Waals surface area contributed by atoms with Gasteiger partial charge >= 0.3 is 11.7 Å². The summed E-state index contributed by atoms with van der Waals surface area (Å²) in [6.07, 6.45) is 2.85. The molecule has 1 aromatic carbocycles. The van der Waals surface area contributed by atoms with Crippen LogP contribution in [0.15, 0.2) is 24.3 Å². The molecule has 0 unspecified atom stereocenters. The maximum absolute atomic E-state index is 12.0. The molecular weight excluding hydrogens is 304 g/mol. The number of rotatable bonds is 4. The topological polar surface area (TPSA) is 99.0 Å². The van der Waals surface area contributed by atoms with Crippen molar-refractivity contribution < 1.29 is 24.0 Å². The Hall–Kier alpha value is -2.74. The van der Waals surface area contributed by atoms with Gasteiger partial charge in [-0.2, -0.15) is 0 Å². The number of nitro groups is 1. The molecule has 8 heteroatoms. The minimum atomic E-state index is -0.640. The molecule has 0 N–H and O–H groups in total. The third-order valence-corrected chi connectivity index (χ3v) is 3.17. The molecule has 1 amide bonds. The first-order valence-electron chi connectivity index (χ1n) is 6.99. The van der Waals surface area contributed by atoms with Crippen LogP contribution in [0.1, 0.15) is 12.5 Å². The Kier molecular flexibility index (Phi) is 5.42. The van der Waals surface area contributed by atoms with Gasteiger partial charge in [-0.05, 0) is 17.7 Å². The molecule has 1 aliphatic rings. The molecule has 23 heavy (non-hydrogen) atoms. The van der Waals surface area contributed by atoms with Gasteiger partial charge in [-0.1, -0.05) is 6.07 Å². The first kappa shape index (κ1) is 16.6. The molecule has 1 aromatic rings. The summed E-state index contributed by atoms with van der Waals surface area (Å²) in [7, 11) is 0. The van der Waals surface area contributed by atoms with Gasteiger partial charge in [0.05, 0.1) is 18.1 Å². The number of ether oxygens (including phenoxy) is 2. The minimum Gasteiger partial charge on any atom is -0.419 e. The molecule has 0 spiro atoms. The van der Waals surface area contributed by atoms with E-state index in [2.05, 4.69) is 0 Å². The number of carbonyl (C=O) groups excluding carboxylic acids is 2. The Bertz CT molecular complexity index is 649. The zero-order valence-corrected chi connectivity index (χ0v) is 12.6. The van der Waals surface area contributed by atoms with Crippen molar-refractivity contribution in [3.8, 4) is 5.75 Å². The molecule has 0 bridgehead atoms.